The zero-order valence-electron chi connectivity index (χ0n) is 19.1. The maximum Gasteiger partial charge on any atom is 0.339 e. The number of para-hydroxylation sites is 1. The van der Waals surface area contributed by atoms with Gasteiger partial charge >= 0.3 is 6.03 Å². The van der Waals surface area contributed by atoms with Gasteiger partial charge in [0, 0.05) is 12.1 Å². The van der Waals surface area contributed by atoms with E-state index in [1.807, 2.05) is 50.2 Å². The number of carbonyl (C=O) groups excluding carboxylic acids is 1. The molecule has 0 aromatic heterocycles. The molecule has 7 nitrogen and oxygen atoms in total. The summed E-state index contributed by atoms with van der Waals surface area (Å²) in [5, 5.41) is 6.66. The Labute approximate surface area is 194 Å². The highest BCUT2D eigenvalue weighted by molar-refractivity contribution is 5.90. The second-order valence-corrected chi connectivity index (χ2v) is 7.42. The van der Waals surface area contributed by atoms with E-state index in [1.54, 1.807) is 25.3 Å². The topological polar surface area (TPSA) is 81.2 Å². The number of nitrogens with zero attached hydrogens (tertiary/aromatic N) is 1. The van der Waals surface area contributed by atoms with Crippen LogP contribution in [0.5, 0.6) is 17.2 Å². The summed E-state index contributed by atoms with van der Waals surface area (Å²) in [6.45, 7) is 5.14. The van der Waals surface area contributed by atoms with Crippen LogP contribution in [0, 0.1) is 13.8 Å². The van der Waals surface area contributed by atoms with E-state index in [1.165, 1.54) is 11.8 Å². The minimum absolute atomic E-state index is 0.424. The molecule has 0 saturated heterocycles. The molecule has 0 aliphatic rings. The van der Waals surface area contributed by atoms with Gasteiger partial charge in [-0.3, -0.25) is 0 Å². The molecule has 172 valence electrons. The summed E-state index contributed by atoms with van der Waals surface area (Å²) in [5.74, 6) is 2.13. The number of hydrogen-bond donors (Lipinski definition) is 2. The Morgan fingerprint density at radius 3 is 2.42 bits per heavy atom. The molecule has 0 bridgehead atoms. The molecule has 2 amide bonds. The molecule has 0 heterocycles. The Morgan fingerprint density at radius 2 is 1.67 bits per heavy atom. The SMILES string of the molecule is COc1cc(/C=N\NC(=O)Nc2ccccc2)ccc1OCCCOc1cc(C)ccc1C. The third-order valence-corrected chi connectivity index (χ3v) is 4.75. The van der Waals surface area contributed by atoms with E-state index in [4.69, 9.17) is 14.2 Å². The minimum atomic E-state index is -0.424. The van der Waals surface area contributed by atoms with E-state index < -0.39 is 6.03 Å². The molecular formula is C26H29N3O4. The first kappa shape index (κ1) is 23.7. The molecular weight excluding hydrogens is 418 g/mol. The predicted molar refractivity (Wildman–Crippen MR) is 131 cm³/mol. The molecule has 0 radical (unpaired) electrons. The van der Waals surface area contributed by atoms with Gasteiger partial charge in [-0.1, -0.05) is 30.3 Å². The van der Waals surface area contributed by atoms with Crippen molar-refractivity contribution in [1.29, 1.82) is 0 Å². The molecule has 33 heavy (non-hydrogen) atoms. The normalized spacial score (nSPS) is 10.6. The number of benzene rings is 3. The number of amides is 2. The summed E-state index contributed by atoms with van der Waals surface area (Å²) in [5.41, 5.74) is 6.18. The molecule has 3 aromatic carbocycles. The first-order chi connectivity index (χ1) is 16.0. The first-order valence-electron chi connectivity index (χ1n) is 10.7. The fourth-order valence-corrected chi connectivity index (χ4v) is 3.02. The van der Waals surface area contributed by atoms with Crippen molar-refractivity contribution < 1.29 is 19.0 Å². The summed E-state index contributed by atoms with van der Waals surface area (Å²) >= 11 is 0. The Morgan fingerprint density at radius 1 is 0.909 bits per heavy atom. The minimum Gasteiger partial charge on any atom is -0.493 e. The Hall–Kier alpha value is -4.00. The summed E-state index contributed by atoms with van der Waals surface area (Å²) in [4.78, 5) is 11.9. The highest BCUT2D eigenvalue weighted by Gasteiger charge is 2.06. The van der Waals surface area contributed by atoms with Crippen LogP contribution in [0.1, 0.15) is 23.1 Å². The van der Waals surface area contributed by atoms with Gasteiger partial charge in [0.1, 0.15) is 5.75 Å². The van der Waals surface area contributed by atoms with Crippen molar-refractivity contribution in [3.05, 3.63) is 83.4 Å². The average molecular weight is 448 g/mol. The van der Waals surface area contributed by atoms with Crippen molar-refractivity contribution >= 4 is 17.9 Å². The van der Waals surface area contributed by atoms with E-state index in [9.17, 15) is 4.79 Å². The van der Waals surface area contributed by atoms with Crippen molar-refractivity contribution in [3.8, 4) is 17.2 Å². The largest absolute Gasteiger partial charge is 0.493 e. The number of ether oxygens (including phenoxy) is 3. The molecule has 0 aliphatic heterocycles. The lowest BCUT2D eigenvalue weighted by Crippen LogP contribution is -2.24. The highest BCUT2D eigenvalue weighted by atomic mass is 16.5. The lowest BCUT2D eigenvalue weighted by molar-refractivity contribution is 0.239. The van der Waals surface area contributed by atoms with Gasteiger partial charge in [-0.05, 0) is 66.9 Å². The molecule has 7 heteroatoms. The first-order valence-corrected chi connectivity index (χ1v) is 10.7. The number of methoxy groups -OCH3 is 1. The zero-order chi connectivity index (χ0) is 23.5. The van der Waals surface area contributed by atoms with Gasteiger partial charge in [0.25, 0.3) is 0 Å². The van der Waals surface area contributed by atoms with Crippen LogP contribution in [0.2, 0.25) is 0 Å². The summed E-state index contributed by atoms with van der Waals surface area (Å²) in [7, 11) is 1.58. The van der Waals surface area contributed by atoms with Gasteiger partial charge in [0.15, 0.2) is 11.5 Å². The number of hydrogen-bond acceptors (Lipinski definition) is 5. The molecule has 2 N–H and O–H groups in total. The monoisotopic (exact) mass is 447 g/mol. The number of carbonyl (C=O) groups is 1. The summed E-state index contributed by atoms with van der Waals surface area (Å²) < 4.78 is 17.1. The summed E-state index contributed by atoms with van der Waals surface area (Å²) in [6.07, 6.45) is 2.27. The molecule has 0 aliphatic carbocycles. The molecule has 3 aromatic rings. The lowest BCUT2D eigenvalue weighted by Gasteiger charge is -2.12. The van der Waals surface area contributed by atoms with Gasteiger partial charge in [-0.15, -0.1) is 0 Å². The predicted octanol–water partition coefficient (Wildman–Crippen LogP) is 5.32. The van der Waals surface area contributed by atoms with Crippen LogP contribution in [-0.4, -0.2) is 32.6 Å². The Balaban J connectivity index is 1.45. The number of hydrazone groups is 1. The van der Waals surface area contributed by atoms with Crippen LogP contribution in [0.25, 0.3) is 0 Å². The van der Waals surface area contributed by atoms with E-state index >= 15 is 0 Å². The standard InChI is InChI=1S/C26H29N3O4/c1-19-10-11-20(2)24(16-19)33-15-7-14-32-23-13-12-21(17-25(23)31-3)18-27-29-26(30)28-22-8-5-4-6-9-22/h4-6,8-13,16-18H,7,14-15H2,1-3H3,(H2,28,29,30)/b27-18-. The van der Waals surface area contributed by atoms with Gasteiger partial charge < -0.3 is 19.5 Å². The second-order valence-electron chi connectivity index (χ2n) is 7.42. The maximum atomic E-state index is 11.9. The van der Waals surface area contributed by atoms with Crippen LogP contribution in [0.4, 0.5) is 10.5 Å². The van der Waals surface area contributed by atoms with E-state index in [0.717, 1.165) is 23.3 Å². The molecule has 0 atom stereocenters. The number of rotatable bonds is 10. The van der Waals surface area contributed by atoms with E-state index in [0.29, 0.717) is 30.4 Å². The van der Waals surface area contributed by atoms with Crippen LogP contribution in [0.15, 0.2) is 71.8 Å². The van der Waals surface area contributed by atoms with Crippen LogP contribution in [-0.2, 0) is 0 Å². The van der Waals surface area contributed by atoms with Crippen LogP contribution < -0.4 is 25.0 Å². The number of aryl methyl sites for hydroxylation is 2. The van der Waals surface area contributed by atoms with Crippen molar-refractivity contribution in [2.45, 2.75) is 20.3 Å². The van der Waals surface area contributed by atoms with Crippen molar-refractivity contribution in [3.63, 3.8) is 0 Å². The van der Waals surface area contributed by atoms with E-state index in [-0.39, 0.29) is 0 Å². The number of urea groups is 1. The maximum absolute atomic E-state index is 11.9. The van der Waals surface area contributed by atoms with Gasteiger partial charge in [0.05, 0.1) is 26.5 Å². The number of nitrogens with one attached hydrogen (secondary N) is 2. The van der Waals surface area contributed by atoms with E-state index in [2.05, 4.69) is 28.0 Å². The van der Waals surface area contributed by atoms with Crippen LogP contribution >= 0.6 is 0 Å². The third-order valence-electron chi connectivity index (χ3n) is 4.75. The molecule has 3 rings (SSSR count). The van der Waals surface area contributed by atoms with Crippen molar-refractivity contribution in [2.24, 2.45) is 5.10 Å². The lowest BCUT2D eigenvalue weighted by atomic mass is 10.1. The molecule has 0 unspecified atom stereocenters. The van der Waals surface area contributed by atoms with Gasteiger partial charge in [-0.2, -0.15) is 5.10 Å². The quantitative estimate of drug-likeness (QED) is 0.251. The molecule has 0 saturated carbocycles. The summed E-state index contributed by atoms with van der Waals surface area (Å²) in [6, 6.07) is 20.3. The molecule has 0 fully saturated rings. The van der Waals surface area contributed by atoms with Crippen molar-refractivity contribution in [2.75, 3.05) is 25.6 Å². The highest BCUT2D eigenvalue weighted by Crippen LogP contribution is 2.27. The second kappa shape index (κ2) is 12.1. The Bertz CT molecular complexity index is 1080. The molecule has 0 spiro atoms. The zero-order valence-corrected chi connectivity index (χ0v) is 19.1. The third kappa shape index (κ3) is 7.57. The van der Waals surface area contributed by atoms with Gasteiger partial charge in [0.2, 0.25) is 0 Å². The van der Waals surface area contributed by atoms with Crippen LogP contribution in [0.3, 0.4) is 0 Å². The average Bonchev–Trinajstić information content (AvgIpc) is 2.82. The fourth-order valence-electron chi connectivity index (χ4n) is 3.02. The van der Waals surface area contributed by atoms with Crippen molar-refractivity contribution in [1.82, 2.24) is 5.43 Å². The fraction of sp³-hybridized carbons (Fsp3) is 0.231. The number of anilines is 1. The Kier molecular flexibility index (Phi) is 8.71. The van der Waals surface area contributed by atoms with Gasteiger partial charge in [-0.25, -0.2) is 10.2 Å². The smallest absolute Gasteiger partial charge is 0.339 e.